The van der Waals surface area contributed by atoms with Crippen LogP contribution in [0, 0.1) is 0 Å². The number of rotatable bonds is 8. The van der Waals surface area contributed by atoms with Crippen molar-refractivity contribution in [2.45, 2.75) is 0 Å². The molecule has 0 saturated carbocycles. The highest BCUT2D eigenvalue weighted by atomic mass is 16.5. The third-order valence-corrected chi connectivity index (χ3v) is 5.39. The molecule has 0 amide bonds. The molecule has 0 saturated heterocycles. The molecular formula is C30H24O5. The van der Waals surface area contributed by atoms with E-state index in [-0.39, 0.29) is 5.78 Å². The van der Waals surface area contributed by atoms with Crippen LogP contribution in [0.4, 0.5) is 0 Å². The maximum Gasteiger partial charge on any atom is 0.343 e. The summed E-state index contributed by atoms with van der Waals surface area (Å²) in [7, 11) is 3.03. The largest absolute Gasteiger partial charge is 0.493 e. The molecule has 5 nitrogen and oxygen atoms in total. The lowest BCUT2D eigenvalue weighted by atomic mass is 10.0. The Morgan fingerprint density at radius 1 is 0.657 bits per heavy atom. The van der Waals surface area contributed by atoms with Crippen molar-refractivity contribution >= 4 is 17.8 Å². The van der Waals surface area contributed by atoms with Crippen molar-refractivity contribution in [3.8, 4) is 28.4 Å². The van der Waals surface area contributed by atoms with Gasteiger partial charge in [0.2, 0.25) is 0 Å². The molecule has 35 heavy (non-hydrogen) atoms. The smallest absolute Gasteiger partial charge is 0.343 e. The molecule has 0 fully saturated rings. The van der Waals surface area contributed by atoms with Crippen LogP contribution in [0.5, 0.6) is 17.2 Å². The van der Waals surface area contributed by atoms with E-state index in [9.17, 15) is 9.59 Å². The summed E-state index contributed by atoms with van der Waals surface area (Å²) in [6.07, 6.45) is 3.20. The van der Waals surface area contributed by atoms with Crippen LogP contribution in [0.25, 0.3) is 17.2 Å². The molecular weight excluding hydrogens is 440 g/mol. The first-order valence-electron chi connectivity index (χ1n) is 11.0. The first-order chi connectivity index (χ1) is 17.1. The van der Waals surface area contributed by atoms with E-state index in [1.165, 1.54) is 20.3 Å². The second-order valence-electron chi connectivity index (χ2n) is 7.67. The van der Waals surface area contributed by atoms with Crippen molar-refractivity contribution in [3.63, 3.8) is 0 Å². The molecule has 4 aromatic rings. The molecule has 4 rings (SSSR count). The Labute approximate surface area is 204 Å². The maximum atomic E-state index is 12.6. The Hall–Kier alpha value is -4.64. The van der Waals surface area contributed by atoms with Gasteiger partial charge in [0.25, 0.3) is 0 Å². The van der Waals surface area contributed by atoms with Gasteiger partial charge in [-0.15, -0.1) is 0 Å². The molecule has 174 valence electrons. The van der Waals surface area contributed by atoms with E-state index < -0.39 is 5.97 Å². The second-order valence-corrected chi connectivity index (χ2v) is 7.67. The summed E-state index contributed by atoms with van der Waals surface area (Å²) in [5.41, 5.74) is 3.81. The number of hydrogen-bond acceptors (Lipinski definition) is 5. The van der Waals surface area contributed by atoms with Gasteiger partial charge in [-0.05, 0) is 53.1 Å². The minimum atomic E-state index is -0.526. The molecule has 0 aromatic heterocycles. The van der Waals surface area contributed by atoms with Crippen molar-refractivity contribution in [1.29, 1.82) is 0 Å². The van der Waals surface area contributed by atoms with Crippen molar-refractivity contribution in [2.24, 2.45) is 0 Å². The number of carbonyl (C=O) groups is 2. The number of ketones is 1. The third kappa shape index (κ3) is 5.84. The highest BCUT2D eigenvalue weighted by molar-refractivity contribution is 6.07. The second kappa shape index (κ2) is 11.0. The number of carbonyl (C=O) groups excluding carboxylic acids is 2. The molecule has 0 radical (unpaired) electrons. The molecule has 0 spiro atoms. The summed E-state index contributed by atoms with van der Waals surface area (Å²) in [5, 5.41) is 0. The number of esters is 1. The maximum absolute atomic E-state index is 12.6. The van der Waals surface area contributed by atoms with Crippen LogP contribution in [-0.4, -0.2) is 26.0 Å². The highest BCUT2D eigenvalue weighted by Crippen LogP contribution is 2.28. The zero-order chi connectivity index (χ0) is 24.6. The quantitative estimate of drug-likeness (QED) is 0.129. The molecule has 0 N–H and O–H groups in total. The Morgan fingerprint density at radius 3 is 2.06 bits per heavy atom. The van der Waals surface area contributed by atoms with Gasteiger partial charge >= 0.3 is 5.97 Å². The third-order valence-electron chi connectivity index (χ3n) is 5.39. The van der Waals surface area contributed by atoms with E-state index in [2.05, 4.69) is 0 Å². The van der Waals surface area contributed by atoms with Crippen molar-refractivity contribution in [3.05, 3.63) is 120 Å². The lowest BCUT2D eigenvalue weighted by molar-refractivity contribution is 0.0734. The van der Waals surface area contributed by atoms with E-state index in [0.717, 1.165) is 16.7 Å². The normalized spacial score (nSPS) is 10.7. The fourth-order valence-electron chi connectivity index (χ4n) is 3.54. The average molecular weight is 465 g/mol. The molecule has 0 aliphatic carbocycles. The number of benzene rings is 4. The lowest BCUT2D eigenvalue weighted by Gasteiger charge is -2.09. The number of hydrogen-bond donors (Lipinski definition) is 0. The molecule has 0 bridgehead atoms. The lowest BCUT2D eigenvalue weighted by Crippen LogP contribution is -2.09. The molecule has 0 heterocycles. The van der Waals surface area contributed by atoms with Crippen LogP contribution in [0.1, 0.15) is 26.3 Å². The minimum Gasteiger partial charge on any atom is -0.493 e. The van der Waals surface area contributed by atoms with Gasteiger partial charge in [-0.2, -0.15) is 0 Å². The SMILES string of the molecule is COc1ccc(C(=O)Oc2cccc(/C=C/C(=O)c3ccc(-c4ccccc4)cc3)c2)cc1OC. The Bertz CT molecular complexity index is 1360. The molecule has 0 aliphatic rings. The summed E-state index contributed by atoms with van der Waals surface area (Å²) >= 11 is 0. The Kier molecular flexibility index (Phi) is 7.38. The van der Waals surface area contributed by atoms with Gasteiger partial charge in [-0.1, -0.05) is 72.8 Å². The first-order valence-corrected chi connectivity index (χ1v) is 11.0. The first kappa shape index (κ1) is 23.5. The Morgan fingerprint density at radius 2 is 1.34 bits per heavy atom. The summed E-state index contributed by atoms with van der Waals surface area (Å²) in [4.78, 5) is 25.2. The Balaban J connectivity index is 1.43. The topological polar surface area (TPSA) is 61.8 Å². The van der Waals surface area contributed by atoms with Gasteiger partial charge in [0, 0.05) is 5.56 Å². The predicted octanol–water partition coefficient (Wildman–Crippen LogP) is 6.49. The van der Waals surface area contributed by atoms with Crippen LogP contribution < -0.4 is 14.2 Å². The van der Waals surface area contributed by atoms with Gasteiger partial charge in [0.1, 0.15) is 5.75 Å². The van der Waals surface area contributed by atoms with E-state index in [1.54, 1.807) is 42.5 Å². The minimum absolute atomic E-state index is 0.114. The van der Waals surface area contributed by atoms with E-state index in [4.69, 9.17) is 14.2 Å². The molecule has 0 atom stereocenters. The van der Waals surface area contributed by atoms with Gasteiger partial charge < -0.3 is 14.2 Å². The zero-order valence-corrected chi connectivity index (χ0v) is 19.4. The predicted molar refractivity (Wildman–Crippen MR) is 136 cm³/mol. The van der Waals surface area contributed by atoms with Gasteiger partial charge in [-0.3, -0.25) is 4.79 Å². The number of allylic oxidation sites excluding steroid dienone is 1. The summed E-state index contributed by atoms with van der Waals surface area (Å²) in [6, 6.07) is 29.3. The number of ether oxygens (including phenoxy) is 3. The van der Waals surface area contributed by atoms with E-state index in [1.807, 2.05) is 60.7 Å². The van der Waals surface area contributed by atoms with Gasteiger partial charge in [0.15, 0.2) is 17.3 Å². The summed E-state index contributed by atoms with van der Waals surface area (Å²) in [5.74, 6) is 0.690. The van der Waals surface area contributed by atoms with E-state index >= 15 is 0 Å². The van der Waals surface area contributed by atoms with Gasteiger partial charge in [0.05, 0.1) is 19.8 Å². The molecule has 0 aliphatic heterocycles. The highest BCUT2D eigenvalue weighted by Gasteiger charge is 2.13. The van der Waals surface area contributed by atoms with Crippen LogP contribution in [-0.2, 0) is 0 Å². The van der Waals surface area contributed by atoms with Crippen LogP contribution in [0.2, 0.25) is 0 Å². The van der Waals surface area contributed by atoms with Crippen LogP contribution >= 0.6 is 0 Å². The van der Waals surface area contributed by atoms with Crippen molar-refractivity contribution in [1.82, 2.24) is 0 Å². The molecule has 5 heteroatoms. The van der Waals surface area contributed by atoms with Crippen LogP contribution in [0.15, 0.2) is 103 Å². The number of methoxy groups -OCH3 is 2. The zero-order valence-electron chi connectivity index (χ0n) is 19.4. The van der Waals surface area contributed by atoms with Crippen molar-refractivity contribution < 1.29 is 23.8 Å². The summed E-state index contributed by atoms with van der Waals surface area (Å²) in [6.45, 7) is 0. The monoisotopic (exact) mass is 464 g/mol. The average Bonchev–Trinajstić information content (AvgIpc) is 2.92. The standard InChI is InChI=1S/C30H24O5/c1-33-28-18-16-25(20-29(28)34-2)30(32)35-26-10-6-7-21(19-26)11-17-27(31)24-14-12-23(13-15-24)22-8-4-3-5-9-22/h3-20H,1-2H3/b17-11+. The summed E-state index contributed by atoms with van der Waals surface area (Å²) < 4.78 is 15.9. The van der Waals surface area contributed by atoms with Gasteiger partial charge in [-0.25, -0.2) is 4.79 Å². The fourth-order valence-corrected chi connectivity index (χ4v) is 3.54. The van der Waals surface area contributed by atoms with E-state index in [0.29, 0.717) is 28.4 Å². The van der Waals surface area contributed by atoms with Crippen LogP contribution in [0.3, 0.4) is 0 Å². The molecule has 0 unspecified atom stereocenters. The molecule has 4 aromatic carbocycles. The van der Waals surface area contributed by atoms with Crippen molar-refractivity contribution in [2.75, 3.05) is 14.2 Å². The fraction of sp³-hybridized carbons (Fsp3) is 0.0667.